The van der Waals surface area contributed by atoms with Crippen molar-refractivity contribution >= 4 is 35.0 Å². The molecule has 0 spiro atoms. The standard InChI is InChI=1S/C14H17ClN4O3S/c1-22-8-2-7-19-13(21)17-18-14(19)23-9-12(20)16-11-5-3-10(15)4-6-11/h3-6H,2,7-9H2,1H3,(H,16,20)(H,17,21). The average molecular weight is 357 g/mol. The second-order valence-electron chi connectivity index (χ2n) is 4.65. The van der Waals surface area contributed by atoms with Gasteiger partial charge in [0.05, 0.1) is 5.75 Å². The highest BCUT2D eigenvalue weighted by atomic mass is 35.5. The minimum absolute atomic E-state index is 0.150. The molecular formula is C14H17ClN4O3S. The van der Waals surface area contributed by atoms with Crippen LogP contribution in [-0.2, 0) is 16.1 Å². The predicted molar refractivity (Wildman–Crippen MR) is 90.1 cm³/mol. The SMILES string of the molecule is COCCCn1c(SCC(=O)Nc2ccc(Cl)cc2)n[nH]c1=O. The van der Waals surface area contributed by atoms with Crippen LogP contribution in [0.2, 0.25) is 5.02 Å². The Morgan fingerprint density at radius 3 is 2.87 bits per heavy atom. The molecule has 2 rings (SSSR count). The van der Waals surface area contributed by atoms with E-state index in [1.807, 2.05) is 0 Å². The van der Waals surface area contributed by atoms with E-state index in [0.717, 1.165) is 0 Å². The molecular weight excluding hydrogens is 340 g/mol. The van der Waals surface area contributed by atoms with Crippen molar-refractivity contribution in [2.45, 2.75) is 18.1 Å². The summed E-state index contributed by atoms with van der Waals surface area (Å²) in [6.07, 6.45) is 0.695. The Bertz CT molecular complexity index is 699. The van der Waals surface area contributed by atoms with Crippen LogP contribution in [0.4, 0.5) is 5.69 Å². The summed E-state index contributed by atoms with van der Waals surface area (Å²) in [6.45, 7) is 1.04. The maximum Gasteiger partial charge on any atom is 0.343 e. The van der Waals surface area contributed by atoms with Gasteiger partial charge in [-0.2, -0.15) is 0 Å². The van der Waals surface area contributed by atoms with Crippen LogP contribution in [0.5, 0.6) is 0 Å². The summed E-state index contributed by atoms with van der Waals surface area (Å²) in [5.74, 6) is -0.0341. The van der Waals surface area contributed by atoms with E-state index < -0.39 is 0 Å². The summed E-state index contributed by atoms with van der Waals surface area (Å²) in [6, 6.07) is 6.84. The number of hydrogen-bond donors (Lipinski definition) is 2. The van der Waals surface area contributed by atoms with Gasteiger partial charge in [0.2, 0.25) is 5.91 Å². The van der Waals surface area contributed by atoms with E-state index in [1.165, 1.54) is 16.3 Å². The van der Waals surface area contributed by atoms with Crippen LogP contribution >= 0.6 is 23.4 Å². The van der Waals surface area contributed by atoms with Crippen molar-refractivity contribution in [1.82, 2.24) is 14.8 Å². The Morgan fingerprint density at radius 2 is 2.17 bits per heavy atom. The second kappa shape index (κ2) is 8.76. The molecule has 0 saturated heterocycles. The fraction of sp³-hybridized carbons (Fsp3) is 0.357. The van der Waals surface area contributed by atoms with Gasteiger partial charge in [-0.25, -0.2) is 9.89 Å². The predicted octanol–water partition coefficient (Wildman–Crippen LogP) is 1.99. The quantitative estimate of drug-likeness (QED) is 0.557. The van der Waals surface area contributed by atoms with Crippen molar-refractivity contribution in [2.75, 3.05) is 24.8 Å². The first-order valence-electron chi connectivity index (χ1n) is 6.92. The second-order valence-corrected chi connectivity index (χ2v) is 6.03. The van der Waals surface area contributed by atoms with Crippen LogP contribution in [0.1, 0.15) is 6.42 Å². The molecule has 0 atom stereocenters. The Kier molecular flexibility index (Phi) is 6.69. The molecule has 0 aliphatic heterocycles. The third kappa shape index (κ3) is 5.42. The summed E-state index contributed by atoms with van der Waals surface area (Å²) in [7, 11) is 1.61. The highest BCUT2D eigenvalue weighted by molar-refractivity contribution is 7.99. The third-order valence-corrected chi connectivity index (χ3v) is 4.14. The van der Waals surface area contributed by atoms with E-state index in [4.69, 9.17) is 16.3 Å². The number of hydrogen-bond acceptors (Lipinski definition) is 5. The smallest absolute Gasteiger partial charge is 0.343 e. The van der Waals surface area contributed by atoms with Crippen molar-refractivity contribution in [3.8, 4) is 0 Å². The molecule has 23 heavy (non-hydrogen) atoms. The zero-order valence-corrected chi connectivity index (χ0v) is 14.1. The third-order valence-electron chi connectivity index (χ3n) is 2.91. The highest BCUT2D eigenvalue weighted by Gasteiger charge is 2.11. The van der Waals surface area contributed by atoms with Gasteiger partial charge >= 0.3 is 5.69 Å². The van der Waals surface area contributed by atoms with Gasteiger partial charge in [-0.1, -0.05) is 23.4 Å². The summed E-state index contributed by atoms with van der Waals surface area (Å²) < 4.78 is 6.47. The molecule has 0 saturated carbocycles. The molecule has 0 aliphatic carbocycles. The number of carbonyl (C=O) groups excluding carboxylic acids is 1. The number of nitrogens with zero attached hydrogens (tertiary/aromatic N) is 2. The van der Waals surface area contributed by atoms with Crippen molar-refractivity contribution in [3.63, 3.8) is 0 Å². The maximum atomic E-state index is 11.9. The van der Waals surface area contributed by atoms with Crippen LogP contribution in [0.25, 0.3) is 0 Å². The number of halogens is 1. The summed E-state index contributed by atoms with van der Waals surface area (Å²) in [5.41, 5.74) is 0.376. The molecule has 1 aromatic heterocycles. The molecule has 124 valence electrons. The van der Waals surface area contributed by atoms with Crippen molar-refractivity contribution in [1.29, 1.82) is 0 Å². The number of rotatable bonds is 8. The normalized spacial score (nSPS) is 10.7. The van der Waals surface area contributed by atoms with Crippen LogP contribution in [0.15, 0.2) is 34.2 Å². The monoisotopic (exact) mass is 356 g/mol. The molecule has 0 fully saturated rings. The molecule has 2 N–H and O–H groups in total. The van der Waals surface area contributed by atoms with E-state index in [-0.39, 0.29) is 17.3 Å². The Labute approximate surface area is 142 Å². The van der Waals surface area contributed by atoms with Crippen molar-refractivity contribution < 1.29 is 9.53 Å². The molecule has 9 heteroatoms. The van der Waals surface area contributed by atoms with Crippen LogP contribution in [-0.4, -0.2) is 40.1 Å². The lowest BCUT2D eigenvalue weighted by Gasteiger charge is -2.06. The topological polar surface area (TPSA) is 89.0 Å². The number of methoxy groups -OCH3 is 1. The number of nitrogens with one attached hydrogen (secondary N) is 2. The largest absolute Gasteiger partial charge is 0.385 e. The van der Waals surface area contributed by atoms with E-state index in [9.17, 15) is 9.59 Å². The van der Waals surface area contributed by atoms with Gasteiger partial charge in [0.25, 0.3) is 0 Å². The van der Waals surface area contributed by atoms with Gasteiger partial charge in [-0.05, 0) is 30.7 Å². The lowest BCUT2D eigenvalue weighted by molar-refractivity contribution is -0.113. The summed E-state index contributed by atoms with van der Waals surface area (Å²) >= 11 is 6.99. The Morgan fingerprint density at radius 1 is 1.43 bits per heavy atom. The van der Waals surface area contributed by atoms with Crippen LogP contribution in [0, 0.1) is 0 Å². The number of aromatic nitrogens is 3. The van der Waals surface area contributed by atoms with Gasteiger partial charge in [0.1, 0.15) is 0 Å². The summed E-state index contributed by atoms with van der Waals surface area (Å²) in [5, 5.41) is 10.2. The van der Waals surface area contributed by atoms with Gasteiger partial charge in [-0.3, -0.25) is 9.36 Å². The molecule has 0 radical (unpaired) electrons. The zero-order valence-electron chi connectivity index (χ0n) is 12.5. The number of H-pyrrole nitrogens is 1. The van der Waals surface area contributed by atoms with Crippen LogP contribution in [0.3, 0.4) is 0 Å². The highest BCUT2D eigenvalue weighted by Crippen LogP contribution is 2.16. The minimum Gasteiger partial charge on any atom is -0.385 e. The number of benzene rings is 1. The number of thioether (sulfide) groups is 1. The van der Waals surface area contributed by atoms with Crippen molar-refractivity contribution in [3.05, 3.63) is 39.8 Å². The first-order valence-corrected chi connectivity index (χ1v) is 8.29. The van der Waals surface area contributed by atoms with E-state index in [0.29, 0.717) is 35.4 Å². The fourth-order valence-corrected chi connectivity index (χ4v) is 2.74. The fourth-order valence-electron chi connectivity index (χ4n) is 1.84. The minimum atomic E-state index is -0.290. The molecule has 1 heterocycles. The van der Waals surface area contributed by atoms with Gasteiger partial charge in [-0.15, -0.1) is 5.10 Å². The lowest BCUT2D eigenvalue weighted by Crippen LogP contribution is -2.19. The number of carbonyl (C=O) groups is 1. The number of anilines is 1. The molecule has 0 aliphatic rings. The number of amides is 1. The van der Waals surface area contributed by atoms with Crippen molar-refractivity contribution in [2.24, 2.45) is 0 Å². The molecule has 0 bridgehead atoms. The maximum absolute atomic E-state index is 11.9. The average Bonchev–Trinajstić information content (AvgIpc) is 2.88. The van der Waals surface area contributed by atoms with Gasteiger partial charge in [0, 0.05) is 31.0 Å². The van der Waals surface area contributed by atoms with E-state index in [1.54, 1.807) is 31.4 Å². The first-order chi connectivity index (χ1) is 11.1. The molecule has 2 aromatic rings. The lowest BCUT2D eigenvalue weighted by atomic mass is 10.3. The van der Waals surface area contributed by atoms with E-state index in [2.05, 4.69) is 15.5 Å². The zero-order chi connectivity index (χ0) is 16.7. The van der Waals surface area contributed by atoms with E-state index >= 15 is 0 Å². The molecule has 1 aromatic carbocycles. The number of aromatic amines is 1. The Balaban J connectivity index is 1.88. The summed E-state index contributed by atoms with van der Waals surface area (Å²) in [4.78, 5) is 23.6. The molecule has 0 unspecified atom stereocenters. The van der Waals surface area contributed by atoms with Gasteiger partial charge < -0.3 is 10.1 Å². The van der Waals surface area contributed by atoms with Crippen LogP contribution < -0.4 is 11.0 Å². The Hall–Kier alpha value is -1.77. The molecule has 1 amide bonds. The molecule has 7 nitrogen and oxygen atoms in total. The first kappa shape index (κ1) is 17.6. The van der Waals surface area contributed by atoms with Gasteiger partial charge in [0.15, 0.2) is 5.16 Å². The number of ether oxygens (including phenoxy) is 1.